The van der Waals surface area contributed by atoms with Crippen molar-refractivity contribution in [2.24, 2.45) is 0 Å². The minimum absolute atomic E-state index is 0.186. The van der Waals surface area contributed by atoms with Crippen LogP contribution in [0, 0.1) is 5.82 Å². The van der Waals surface area contributed by atoms with Crippen molar-refractivity contribution in [2.75, 3.05) is 6.61 Å². The summed E-state index contributed by atoms with van der Waals surface area (Å²) in [7, 11) is 0. The fraction of sp³-hybridized carbons (Fsp3) is 0.167. The fourth-order valence-electron chi connectivity index (χ4n) is 3.57. The molecule has 1 aliphatic rings. The van der Waals surface area contributed by atoms with E-state index in [1.54, 1.807) is 48.6 Å². The highest BCUT2D eigenvalue weighted by molar-refractivity contribution is 6.24. The summed E-state index contributed by atoms with van der Waals surface area (Å²) in [5.74, 6) is -1.19. The van der Waals surface area contributed by atoms with Crippen LogP contribution in [0.5, 0.6) is 0 Å². The van der Waals surface area contributed by atoms with Crippen molar-refractivity contribution >= 4 is 35.3 Å². The van der Waals surface area contributed by atoms with Crippen molar-refractivity contribution in [3.63, 3.8) is 0 Å². The number of hydrogen-bond donors (Lipinski definition) is 3. The summed E-state index contributed by atoms with van der Waals surface area (Å²) >= 11 is 0. The van der Waals surface area contributed by atoms with Crippen molar-refractivity contribution in [1.82, 2.24) is 10.6 Å². The van der Waals surface area contributed by atoms with Gasteiger partial charge in [-0.15, -0.1) is 0 Å². The average Bonchev–Trinajstić information content (AvgIpc) is 3.74. The van der Waals surface area contributed by atoms with Crippen molar-refractivity contribution in [3.05, 3.63) is 113 Å². The van der Waals surface area contributed by atoms with Crippen LogP contribution in [0.4, 0.5) is 4.39 Å². The smallest absolute Gasteiger partial charge is 0.252 e. The number of benzene rings is 3. The van der Waals surface area contributed by atoms with Crippen LogP contribution in [0.25, 0.3) is 17.7 Å². The monoisotopic (exact) mass is 498 g/mol. The zero-order valence-corrected chi connectivity index (χ0v) is 20.1. The molecule has 0 aliphatic heterocycles. The Morgan fingerprint density at radius 1 is 0.865 bits per heavy atom. The van der Waals surface area contributed by atoms with Gasteiger partial charge in [0.2, 0.25) is 0 Å². The lowest BCUT2D eigenvalue weighted by Crippen LogP contribution is -2.26. The van der Waals surface area contributed by atoms with Gasteiger partial charge in [-0.25, -0.2) is 4.39 Å². The molecule has 3 aromatic carbocycles. The molecule has 0 spiro atoms. The number of hydrogen-bond acceptors (Lipinski definition) is 4. The predicted octanol–water partition coefficient (Wildman–Crippen LogP) is 4.15. The van der Waals surface area contributed by atoms with Gasteiger partial charge in [0.1, 0.15) is 12.4 Å². The number of halogens is 1. The maximum absolute atomic E-state index is 13.4. The van der Waals surface area contributed by atoms with Crippen LogP contribution in [0.15, 0.2) is 78.9 Å². The molecular weight excluding hydrogens is 471 g/mol. The van der Waals surface area contributed by atoms with E-state index in [2.05, 4.69) is 10.6 Å². The molecule has 3 aromatic rings. The largest absolute Gasteiger partial charge is 0.388 e. The number of nitrogens with one attached hydrogen (secondary N) is 2. The van der Waals surface area contributed by atoms with E-state index in [-0.39, 0.29) is 29.5 Å². The molecule has 0 unspecified atom stereocenters. The Balaban J connectivity index is 1.40. The van der Waals surface area contributed by atoms with Gasteiger partial charge in [-0.3, -0.25) is 14.4 Å². The molecule has 0 aromatic heterocycles. The third-order valence-corrected chi connectivity index (χ3v) is 5.85. The Morgan fingerprint density at radius 2 is 1.49 bits per heavy atom. The second-order valence-corrected chi connectivity index (χ2v) is 8.82. The highest BCUT2D eigenvalue weighted by Crippen LogP contribution is 2.24. The second kappa shape index (κ2) is 12.1. The van der Waals surface area contributed by atoms with Crippen LogP contribution in [-0.4, -0.2) is 35.4 Å². The molecule has 3 N–H and O–H groups in total. The summed E-state index contributed by atoms with van der Waals surface area (Å²) in [6.45, 7) is -0.195. The van der Waals surface area contributed by atoms with Crippen molar-refractivity contribution < 1.29 is 23.9 Å². The molecule has 0 radical (unpaired) electrons. The maximum atomic E-state index is 13.4. The van der Waals surface area contributed by atoms with E-state index >= 15 is 0 Å². The lowest BCUT2D eigenvalue weighted by molar-refractivity contribution is -0.117. The van der Waals surface area contributed by atoms with Crippen LogP contribution in [0.2, 0.25) is 0 Å². The van der Waals surface area contributed by atoms with E-state index < -0.39 is 6.61 Å². The lowest BCUT2D eigenvalue weighted by atomic mass is 10.0. The van der Waals surface area contributed by atoms with E-state index in [0.29, 0.717) is 23.2 Å². The summed E-state index contributed by atoms with van der Waals surface area (Å²) in [6.07, 6.45) is 6.58. The van der Waals surface area contributed by atoms with Gasteiger partial charge >= 0.3 is 0 Å². The van der Waals surface area contributed by atoms with E-state index in [1.165, 1.54) is 18.2 Å². The van der Waals surface area contributed by atoms with Crippen LogP contribution in [-0.2, 0) is 16.1 Å². The van der Waals surface area contributed by atoms with E-state index in [4.69, 9.17) is 5.11 Å². The van der Waals surface area contributed by atoms with Gasteiger partial charge in [0.15, 0.2) is 5.78 Å². The first-order valence-corrected chi connectivity index (χ1v) is 12.0. The highest BCUT2D eigenvalue weighted by atomic mass is 19.1. The number of aliphatic hydroxyl groups is 1. The number of carbonyl (C=O) groups excluding carboxylic acids is 3. The zero-order valence-electron chi connectivity index (χ0n) is 20.1. The first-order valence-electron chi connectivity index (χ1n) is 12.0. The molecule has 6 nitrogen and oxygen atoms in total. The van der Waals surface area contributed by atoms with E-state index in [9.17, 15) is 18.8 Å². The van der Waals surface area contributed by atoms with Gasteiger partial charge < -0.3 is 15.7 Å². The summed E-state index contributed by atoms with van der Waals surface area (Å²) in [4.78, 5) is 36.6. The topological polar surface area (TPSA) is 95.5 Å². The van der Waals surface area contributed by atoms with Crippen molar-refractivity contribution in [1.29, 1.82) is 0 Å². The molecule has 188 valence electrons. The minimum Gasteiger partial charge on any atom is -0.388 e. The predicted molar refractivity (Wildman–Crippen MR) is 141 cm³/mol. The molecule has 2 amide bonds. The van der Waals surface area contributed by atoms with Crippen LogP contribution in [0.3, 0.4) is 0 Å². The van der Waals surface area contributed by atoms with Gasteiger partial charge in [0.25, 0.3) is 11.8 Å². The Labute approximate surface area is 214 Å². The van der Waals surface area contributed by atoms with Gasteiger partial charge in [-0.1, -0.05) is 54.6 Å². The molecule has 0 heterocycles. The Morgan fingerprint density at radius 3 is 2.11 bits per heavy atom. The molecule has 0 bridgehead atoms. The summed E-state index contributed by atoms with van der Waals surface area (Å²) < 4.78 is 13.4. The number of rotatable bonds is 10. The van der Waals surface area contributed by atoms with Crippen LogP contribution in [0.1, 0.15) is 45.5 Å². The average molecular weight is 499 g/mol. The molecule has 4 rings (SSSR count). The molecule has 1 fully saturated rings. The fourth-order valence-corrected chi connectivity index (χ4v) is 3.57. The Hall–Kier alpha value is -4.36. The normalized spacial score (nSPS) is 13.4. The van der Waals surface area contributed by atoms with Gasteiger partial charge in [0.05, 0.1) is 0 Å². The van der Waals surface area contributed by atoms with Gasteiger partial charge in [0, 0.05) is 23.7 Å². The van der Waals surface area contributed by atoms with E-state index in [1.807, 2.05) is 24.3 Å². The summed E-state index contributed by atoms with van der Waals surface area (Å²) in [6, 6.07) is 20.2. The molecule has 7 heteroatoms. The Bertz CT molecular complexity index is 1320. The van der Waals surface area contributed by atoms with E-state index in [0.717, 1.165) is 29.5 Å². The number of ketones is 1. The molecular formula is C30H27FN2O4. The van der Waals surface area contributed by atoms with Gasteiger partial charge in [-0.2, -0.15) is 0 Å². The maximum Gasteiger partial charge on any atom is 0.252 e. The SMILES string of the molecule is O=C(/C=C/c1ccc(CNC(=O)c2ccc(/C=C(/C(=O)NC3CC3)c3ccc(F)cc3)cc2)cc1)CO. The molecule has 0 atom stereocenters. The van der Waals surface area contributed by atoms with Crippen LogP contribution >= 0.6 is 0 Å². The van der Waals surface area contributed by atoms with Crippen molar-refractivity contribution in [3.8, 4) is 0 Å². The standard InChI is InChI=1S/C30H27FN2O4/c31-25-12-10-23(11-13-25)28(30(37)33-26-14-15-26)17-21-5-8-24(9-6-21)29(36)32-18-22-3-1-20(2-4-22)7-16-27(35)19-34/h1-13,16-17,26,34H,14-15,18-19H2,(H,32,36)(H,33,37)/b16-7+,28-17+. The number of aliphatic hydroxyl groups excluding tert-OH is 1. The van der Waals surface area contributed by atoms with Crippen molar-refractivity contribution in [2.45, 2.75) is 25.4 Å². The first kappa shape index (κ1) is 25.7. The number of amides is 2. The quantitative estimate of drug-likeness (QED) is 0.289. The lowest BCUT2D eigenvalue weighted by Gasteiger charge is -2.10. The third-order valence-electron chi connectivity index (χ3n) is 5.85. The molecule has 1 aliphatic carbocycles. The zero-order chi connectivity index (χ0) is 26.2. The Kier molecular flexibility index (Phi) is 8.38. The highest BCUT2D eigenvalue weighted by Gasteiger charge is 2.25. The molecule has 1 saturated carbocycles. The number of carbonyl (C=O) groups is 3. The summed E-state index contributed by atoms with van der Waals surface area (Å²) in [5.41, 5.74) is 3.97. The minimum atomic E-state index is -0.525. The first-order chi connectivity index (χ1) is 17.9. The molecule has 37 heavy (non-hydrogen) atoms. The second-order valence-electron chi connectivity index (χ2n) is 8.82. The third kappa shape index (κ3) is 7.56. The summed E-state index contributed by atoms with van der Waals surface area (Å²) in [5, 5.41) is 14.6. The van der Waals surface area contributed by atoms with Gasteiger partial charge in [-0.05, 0) is 71.5 Å². The van der Waals surface area contributed by atoms with Crippen LogP contribution < -0.4 is 10.6 Å². The molecule has 0 saturated heterocycles.